The highest BCUT2D eigenvalue weighted by atomic mass is 19.4. The van der Waals surface area contributed by atoms with E-state index in [9.17, 15) is 27.5 Å². The number of aromatic nitrogens is 6. The van der Waals surface area contributed by atoms with Gasteiger partial charge in [-0.2, -0.15) is 32.8 Å². The number of nitrogens with zero attached hydrogens (tertiary/aromatic N) is 5. The van der Waals surface area contributed by atoms with Gasteiger partial charge in [-0.05, 0) is 36.6 Å². The van der Waals surface area contributed by atoms with Crippen molar-refractivity contribution in [3.05, 3.63) is 68.4 Å². The summed E-state index contributed by atoms with van der Waals surface area (Å²) in [7, 11) is 0. The lowest BCUT2D eigenvalue weighted by Crippen LogP contribution is -2.24. The molecule has 14 heteroatoms. The van der Waals surface area contributed by atoms with Crippen molar-refractivity contribution < 1.29 is 22.7 Å². The van der Waals surface area contributed by atoms with Crippen molar-refractivity contribution in [2.24, 2.45) is 4.99 Å². The third kappa shape index (κ3) is 4.33. The van der Waals surface area contributed by atoms with Crippen molar-refractivity contribution >= 4 is 17.7 Å². The minimum atomic E-state index is -4.78. The van der Waals surface area contributed by atoms with Crippen LogP contribution in [0.5, 0.6) is 5.88 Å². The molecule has 4 N–H and O–H groups in total. The van der Waals surface area contributed by atoms with E-state index < -0.39 is 23.2 Å². The first kappa shape index (κ1) is 21.6. The van der Waals surface area contributed by atoms with Crippen LogP contribution in [0.3, 0.4) is 0 Å². The number of fused-ring (bicyclic) bond motifs is 1. The van der Waals surface area contributed by atoms with Gasteiger partial charge < -0.3 is 15.4 Å². The molecular formula is C20H16F4N8O2. The van der Waals surface area contributed by atoms with Gasteiger partial charge in [0, 0.05) is 11.8 Å². The van der Waals surface area contributed by atoms with Crippen LogP contribution in [0.1, 0.15) is 29.7 Å². The number of aromatic hydroxyl groups is 1. The molecule has 1 saturated carbocycles. The highest BCUT2D eigenvalue weighted by molar-refractivity contribution is 5.57. The monoisotopic (exact) mass is 476 g/mol. The van der Waals surface area contributed by atoms with Crippen molar-refractivity contribution in [2.45, 2.75) is 31.6 Å². The van der Waals surface area contributed by atoms with Gasteiger partial charge in [0.05, 0.1) is 17.8 Å². The number of nitrogens with one attached hydrogen (secondary N) is 3. The second kappa shape index (κ2) is 7.97. The molecule has 0 radical (unpaired) electrons. The molecule has 1 aliphatic rings. The third-order valence-corrected chi connectivity index (χ3v) is 5.05. The fourth-order valence-electron chi connectivity index (χ4n) is 3.24. The highest BCUT2D eigenvalue weighted by Gasteiger charge is 2.33. The average molecular weight is 476 g/mol. The second-order valence-corrected chi connectivity index (χ2v) is 7.69. The lowest BCUT2D eigenvalue weighted by molar-refractivity contribution is -0.140. The maximum absolute atomic E-state index is 13.9. The van der Waals surface area contributed by atoms with Crippen LogP contribution in [0.4, 0.5) is 23.5 Å². The van der Waals surface area contributed by atoms with E-state index in [1.807, 2.05) is 0 Å². The minimum Gasteiger partial charge on any atom is -0.493 e. The number of hydrogen-bond acceptors (Lipinski definition) is 7. The summed E-state index contributed by atoms with van der Waals surface area (Å²) >= 11 is 0. The molecule has 0 bridgehead atoms. The van der Waals surface area contributed by atoms with E-state index in [1.165, 1.54) is 16.8 Å². The summed E-state index contributed by atoms with van der Waals surface area (Å²) in [5.41, 5.74) is -1.01. The normalized spacial score (nSPS) is 15.4. The van der Waals surface area contributed by atoms with E-state index in [1.54, 1.807) is 0 Å². The molecule has 1 fully saturated rings. The van der Waals surface area contributed by atoms with Gasteiger partial charge in [0.25, 0.3) is 5.62 Å². The topological polar surface area (TPSA) is 136 Å². The molecule has 3 heterocycles. The Morgan fingerprint density at radius 3 is 2.71 bits per heavy atom. The number of rotatable bonds is 5. The van der Waals surface area contributed by atoms with Gasteiger partial charge in [0.1, 0.15) is 11.5 Å². The number of imidazole rings is 1. The standard InChI is InChI=1S/C20H16F4N8O2/c21-13-5-9(1-4-12(13)20(22,23)24)7-25-17-29-15-10(6-14-16(33)30-19(34)28-14)8-26-32(15)18(31-17)27-11-2-3-11/h1,4-6,8,11,33H,2-3,7H2,(H,25,27,31)(H2,28,30,34)/b10-6+. The fraction of sp³-hybridized carbons (Fsp3) is 0.250. The van der Waals surface area contributed by atoms with Gasteiger partial charge in [-0.15, -0.1) is 0 Å². The summed E-state index contributed by atoms with van der Waals surface area (Å²) < 4.78 is 53.7. The molecule has 1 aromatic carbocycles. The van der Waals surface area contributed by atoms with Crippen LogP contribution in [0.2, 0.25) is 0 Å². The van der Waals surface area contributed by atoms with Crippen molar-refractivity contribution in [1.82, 2.24) is 29.5 Å². The van der Waals surface area contributed by atoms with Gasteiger partial charge in [-0.3, -0.25) is 4.98 Å². The number of alkyl halides is 3. The van der Waals surface area contributed by atoms with Crippen LogP contribution in [0.15, 0.2) is 34.2 Å². The Bertz CT molecular complexity index is 1570. The molecule has 4 aromatic rings. The number of aromatic amines is 2. The second-order valence-electron chi connectivity index (χ2n) is 7.69. The molecule has 0 atom stereocenters. The van der Waals surface area contributed by atoms with Gasteiger partial charge >= 0.3 is 11.9 Å². The zero-order valence-corrected chi connectivity index (χ0v) is 17.2. The summed E-state index contributed by atoms with van der Waals surface area (Å²) in [6.45, 7) is -0.0484. The van der Waals surface area contributed by atoms with Crippen LogP contribution in [-0.4, -0.2) is 40.7 Å². The van der Waals surface area contributed by atoms with Crippen molar-refractivity contribution in [3.63, 3.8) is 0 Å². The molecule has 0 spiro atoms. The zero-order chi connectivity index (χ0) is 24.0. The summed E-state index contributed by atoms with van der Waals surface area (Å²) in [6, 6.07) is 2.73. The smallest absolute Gasteiger partial charge is 0.419 e. The van der Waals surface area contributed by atoms with E-state index in [-0.39, 0.29) is 41.3 Å². The Labute approximate surface area is 186 Å². The van der Waals surface area contributed by atoms with Gasteiger partial charge in [-0.1, -0.05) is 6.07 Å². The van der Waals surface area contributed by atoms with Crippen molar-refractivity contribution in [1.29, 1.82) is 0 Å². The number of anilines is 1. The molecule has 5 rings (SSSR count). The van der Waals surface area contributed by atoms with Crippen molar-refractivity contribution in [2.75, 3.05) is 5.32 Å². The number of hydrogen-bond donors (Lipinski definition) is 4. The molecule has 0 saturated heterocycles. The summed E-state index contributed by atoms with van der Waals surface area (Å²) in [4.78, 5) is 29.3. The Balaban J connectivity index is 1.52. The van der Waals surface area contributed by atoms with Crippen LogP contribution in [0.25, 0.3) is 11.7 Å². The lowest BCUT2D eigenvalue weighted by atomic mass is 10.1. The first-order valence-electron chi connectivity index (χ1n) is 10.1. The number of halogens is 4. The first-order chi connectivity index (χ1) is 16.2. The Kier molecular flexibility index (Phi) is 5.06. The van der Waals surface area contributed by atoms with Gasteiger partial charge in [-0.25, -0.2) is 14.2 Å². The van der Waals surface area contributed by atoms with Crippen LogP contribution < -0.4 is 21.8 Å². The van der Waals surface area contributed by atoms with Crippen LogP contribution in [0, 0.1) is 5.82 Å². The number of H-pyrrole nitrogens is 2. The van der Waals surface area contributed by atoms with Crippen LogP contribution in [-0.2, 0) is 12.7 Å². The highest BCUT2D eigenvalue weighted by Crippen LogP contribution is 2.31. The molecule has 176 valence electrons. The quantitative estimate of drug-likeness (QED) is 0.320. The lowest BCUT2D eigenvalue weighted by Gasteiger charge is -2.10. The Hall–Kier alpha value is -4.23. The predicted molar refractivity (Wildman–Crippen MR) is 110 cm³/mol. The number of benzene rings is 1. The third-order valence-electron chi connectivity index (χ3n) is 5.05. The molecule has 3 aromatic heterocycles. The Morgan fingerprint density at radius 2 is 2.06 bits per heavy atom. The molecular weight excluding hydrogens is 460 g/mol. The van der Waals surface area contributed by atoms with Crippen LogP contribution >= 0.6 is 0 Å². The first-order valence-corrected chi connectivity index (χ1v) is 10.1. The summed E-state index contributed by atoms with van der Waals surface area (Å²) in [5.74, 6) is -1.64. The largest absolute Gasteiger partial charge is 0.493 e. The Morgan fingerprint density at radius 1 is 1.26 bits per heavy atom. The fourth-order valence-corrected chi connectivity index (χ4v) is 3.24. The van der Waals surface area contributed by atoms with E-state index in [0.717, 1.165) is 25.0 Å². The molecule has 0 unspecified atom stereocenters. The SMILES string of the molecule is O=c1[nH]c(O)c(/C=c2\cnn3c(=NC4CC4)nc(NCc4ccc(C(F)(F)F)c(F)c4)nc23)[nH]1. The molecule has 34 heavy (non-hydrogen) atoms. The molecule has 1 aliphatic carbocycles. The summed E-state index contributed by atoms with van der Waals surface area (Å²) in [6.07, 6.45) is -0.0692. The predicted octanol–water partition coefficient (Wildman–Crippen LogP) is 1.23. The van der Waals surface area contributed by atoms with Gasteiger partial charge in [0.15, 0.2) is 5.65 Å². The van der Waals surface area contributed by atoms with E-state index >= 15 is 0 Å². The van der Waals surface area contributed by atoms with Crippen molar-refractivity contribution in [3.8, 4) is 5.88 Å². The van der Waals surface area contributed by atoms with E-state index in [2.05, 4.69) is 35.3 Å². The zero-order valence-electron chi connectivity index (χ0n) is 17.2. The molecule has 0 aliphatic heterocycles. The molecule has 0 amide bonds. The minimum absolute atomic E-state index is 0.0484. The molecule has 10 nitrogen and oxygen atoms in total. The van der Waals surface area contributed by atoms with E-state index in [0.29, 0.717) is 16.9 Å². The maximum Gasteiger partial charge on any atom is 0.419 e. The average Bonchev–Trinajstić information content (AvgIpc) is 3.40. The van der Waals surface area contributed by atoms with Gasteiger partial charge in [0.2, 0.25) is 11.8 Å². The maximum atomic E-state index is 13.9. The summed E-state index contributed by atoms with van der Waals surface area (Å²) in [5, 5.41) is 17.4. The van der Waals surface area contributed by atoms with E-state index in [4.69, 9.17) is 0 Å².